The van der Waals surface area contributed by atoms with Crippen LogP contribution in [0, 0.1) is 0 Å². The minimum atomic E-state index is 0. The van der Waals surface area contributed by atoms with Crippen LogP contribution in [0.1, 0.15) is 12.5 Å². The molecular formula is C12H14Cl2O. The van der Waals surface area contributed by atoms with Crippen molar-refractivity contribution in [1.82, 2.24) is 0 Å². The van der Waals surface area contributed by atoms with Gasteiger partial charge in [0.1, 0.15) is 5.75 Å². The van der Waals surface area contributed by atoms with Crippen molar-refractivity contribution in [3.8, 4) is 5.75 Å². The molecule has 0 aliphatic rings. The molecule has 0 fully saturated rings. The van der Waals surface area contributed by atoms with E-state index in [0.717, 1.165) is 11.8 Å². The van der Waals surface area contributed by atoms with E-state index < -0.39 is 0 Å². The van der Waals surface area contributed by atoms with Crippen LogP contribution in [0.5, 0.6) is 5.75 Å². The van der Waals surface area contributed by atoms with E-state index in [1.54, 1.807) is 12.1 Å². The third-order valence-corrected chi connectivity index (χ3v) is 2.34. The second kappa shape index (κ2) is 5.84. The molecule has 1 nitrogen and oxygen atoms in total. The third-order valence-electron chi connectivity index (χ3n) is 2.34. The first-order valence-corrected chi connectivity index (χ1v) is 4.52. The van der Waals surface area contributed by atoms with Crippen LogP contribution in [-0.2, 0) is 6.42 Å². The number of hydrogen-bond acceptors (Lipinski definition) is 1. The summed E-state index contributed by atoms with van der Waals surface area (Å²) in [4.78, 5) is 0. The summed E-state index contributed by atoms with van der Waals surface area (Å²) in [5.41, 5.74) is 1.33. The van der Waals surface area contributed by atoms with Gasteiger partial charge in [0.25, 0.3) is 0 Å². The van der Waals surface area contributed by atoms with Crippen LogP contribution in [0.2, 0.25) is 0 Å². The van der Waals surface area contributed by atoms with E-state index in [9.17, 15) is 5.11 Å². The molecule has 0 spiro atoms. The van der Waals surface area contributed by atoms with Gasteiger partial charge < -0.3 is 5.11 Å². The minimum Gasteiger partial charge on any atom is -0.508 e. The Balaban J connectivity index is 0.000000980. The van der Waals surface area contributed by atoms with Crippen molar-refractivity contribution in [2.45, 2.75) is 13.3 Å². The van der Waals surface area contributed by atoms with E-state index in [0.29, 0.717) is 5.75 Å². The van der Waals surface area contributed by atoms with E-state index >= 15 is 0 Å². The second-order valence-corrected chi connectivity index (χ2v) is 3.18. The van der Waals surface area contributed by atoms with Gasteiger partial charge in [-0.05, 0) is 34.9 Å². The highest BCUT2D eigenvalue weighted by molar-refractivity contribution is 5.87. The highest BCUT2D eigenvalue weighted by Crippen LogP contribution is 2.23. The molecule has 2 rings (SSSR count). The monoisotopic (exact) mass is 244 g/mol. The summed E-state index contributed by atoms with van der Waals surface area (Å²) in [5.74, 6) is 0.334. The van der Waals surface area contributed by atoms with Crippen LogP contribution in [-0.4, -0.2) is 5.11 Å². The van der Waals surface area contributed by atoms with Gasteiger partial charge in [0.05, 0.1) is 0 Å². The molecule has 0 saturated heterocycles. The Kier molecular flexibility index (Phi) is 5.48. The zero-order valence-electron chi connectivity index (χ0n) is 8.43. The maximum atomic E-state index is 9.29. The first-order valence-electron chi connectivity index (χ1n) is 4.52. The van der Waals surface area contributed by atoms with Gasteiger partial charge in [-0.1, -0.05) is 31.2 Å². The second-order valence-electron chi connectivity index (χ2n) is 3.18. The van der Waals surface area contributed by atoms with Crippen molar-refractivity contribution in [3.05, 3.63) is 42.0 Å². The van der Waals surface area contributed by atoms with Gasteiger partial charge in [-0.2, -0.15) is 0 Å². The Labute approximate surface area is 102 Å². The minimum absolute atomic E-state index is 0. The van der Waals surface area contributed by atoms with Crippen LogP contribution in [0.3, 0.4) is 0 Å². The maximum Gasteiger partial charge on any atom is 0.116 e. The Morgan fingerprint density at radius 1 is 1.07 bits per heavy atom. The largest absolute Gasteiger partial charge is 0.508 e. The fourth-order valence-electron chi connectivity index (χ4n) is 1.65. The number of hydrogen-bond donors (Lipinski definition) is 1. The number of aromatic hydroxyl groups is 1. The van der Waals surface area contributed by atoms with Crippen LogP contribution >= 0.6 is 24.8 Å². The molecule has 3 heteroatoms. The Morgan fingerprint density at radius 3 is 2.47 bits per heavy atom. The molecule has 0 aliphatic carbocycles. The number of phenols is 1. The maximum absolute atomic E-state index is 9.29. The fraction of sp³-hybridized carbons (Fsp3) is 0.167. The summed E-state index contributed by atoms with van der Waals surface area (Å²) in [6.45, 7) is 2.14. The van der Waals surface area contributed by atoms with E-state index in [2.05, 4.69) is 13.0 Å². The van der Waals surface area contributed by atoms with Crippen LogP contribution in [0.25, 0.3) is 10.8 Å². The Bertz CT molecular complexity index is 441. The predicted molar refractivity (Wildman–Crippen MR) is 69.5 cm³/mol. The van der Waals surface area contributed by atoms with E-state index in [1.165, 1.54) is 10.9 Å². The molecule has 2 aromatic carbocycles. The van der Waals surface area contributed by atoms with E-state index in [-0.39, 0.29) is 24.8 Å². The summed E-state index contributed by atoms with van der Waals surface area (Å²) in [6.07, 6.45) is 1.03. The number of halogens is 2. The fourth-order valence-corrected chi connectivity index (χ4v) is 1.65. The highest BCUT2D eigenvalue weighted by Gasteiger charge is 1.98. The lowest BCUT2D eigenvalue weighted by Crippen LogP contribution is -1.82. The lowest BCUT2D eigenvalue weighted by Gasteiger charge is -2.03. The molecule has 0 saturated carbocycles. The lowest BCUT2D eigenvalue weighted by atomic mass is 10.0. The average molecular weight is 245 g/mol. The molecule has 1 N–H and O–H groups in total. The molecule has 15 heavy (non-hydrogen) atoms. The first-order chi connectivity index (χ1) is 6.31. The van der Waals surface area contributed by atoms with Gasteiger partial charge in [-0.25, -0.2) is 0 Å². The number of benzene rings is 2. The van der Waals surface area contributed by atoms with E-state index in [1.807, 2.05) is 18.2 Å². The molecule has 2 aromatic rings. The molecule has 0 atom stereocenters. The van der Waals surface area contributed by atoms with Crippen LogP contribution < -0.4 is 0 Å². The van der Waals surface area contributed by atoms with E-state index in [4.69, 9.17) is 0 Å². The third kappa shape index (κ3) is 2.77. The zero-order valence-corrected chi connectivity index (χ0v) is 10.1. The van der Waals surface area contributed by atoms with Crippen LogP contribution in [0.15, 0.2) is 36.4 Å². The standard InChI is InChI=1S/C12H12O.2ClH/c1-2-9-4-3-5-10-8-11(13)6-7-12(9)10;;/h3-8,13H,2H2,1H3;2*1H. The number of fused-ring (bicyclic) bond motifs is 1. The summed E-state index contributed by atoms with van der Waals surface area (Å²) in [6, 6.07) is 11.7. The highest BCUT2D eigenvalue weighted by atomic mass is 35.5. The molecule has 0 aromatic heterocycles. The van der Waals surface area contributed by atoms with Crippen molar-refractivity contribution in [2.24, 2.45) is 0 Å². The molecule has 0 bridgehead atoms. The molecule has 0 aliphatic heterocycles. The Hall–Kier alpha value is -0.920. The SMILES string of the molecule is CCc1cccc2cc(O)ccc12.Cl.Cl. The zero-order chi connectivity index (χ0) is 9.26. The Morgan fingerprint density at radius 2 is 1.80 bits per heavy atom. The molecule has 0 radical (unpaired) electrons. The summed E-state index contributed by atoms with van der Waals surface area (Å²) < 4.78 is 0. The van der Waals surface area contributed by atoms with Gasteiger partial charge in [-0.3, -0.25) is 0 Å². The van der Waals surface area contributed by atoms with Gasteiger partial charge in [0, 0.05) is 0 Å². The van der Waals surface area contributed by atoms with Crippen molar-refractivity contribution >= 4 is 35.6 Å². The molecule has 82 valence electrons. The predicted octanol–water partition coefficient (Wildman–Crippen LogP) is 3.95. The molecule has 0 heterocycles. The average Bonchev–Trinajstić information content (AvgIpc) is 2.16. The number of phenolic OH excluding ortho intramolecular Hbond substituents is 1. The summed E-state index contributed by atoms with van der Waals surface area (Å²) in [5, 5.41) is 11.6. The van der Waals surface area contributed by atoms with Crippen LogP contribution in [0.4, 0.5) is 0 Å². The lowest BCUT2D eigenvalue weighted by molar-refractivity contribution is 0.476. The van der Waals surface area contributed by atoms with Gasteiger partial charge in [0.2, 0.25) is 0 Å². The van der Waals surface area contributed by atoms with Crippen molar-refractivity contribution in [2.75, 3.05) is 0 Å². The molecular weight excluding hydrogens is 231 g/mol. The smallest absolute Gasteiger partial charge is 0.116 e. The van der Waals surface area contributed by atoms with Gasteiger partial charge in [-0.15, -0.1) is 24.8 Å². The molecule has 0 amide bonds. The topological polar surface area (TPSA) is 20.2 Å². The number of aryl methyl sites for hydroxylation is 1. The first kappa shape index (κ1) is 14.1. The van der Waals surface area contributed by atoms with Gasteiger partial charge in [0.15, 0.2) is 0 Å². The van der Waals surface area contributed by atoms with Crippen molar-refractivity contribution in [3.63, 3.8) is 0 Å². The van der Waals surface area contributed by atoms with Crippen molar-refractivity contribution in [1.29, 1.82) is 0 Å². The summed E-state index contributed by atoms with van der Waals surface area (Å²) in [7, 11) is 0. The summed E-state index contributed by atoms with van der Waals surface area (Å²) >= 11 is 0. The quantitative estimate of drug-likeness (QED) is 0.806. The molecule has 0 unspecified atom stereocenters. The normalized spacial score (nSPS) is 9.13. The number of rotatable bonds is 1. The van der Waals surface area contributed by atoms with Gasteiger partial charge >= 0.3 is 0 Å². The van der Waals surface area contributed by atoms with Crippen molar-refractivity contribution < 1.29 is 5.11 Å².